The maximum atomic E-state index is 13.2. The number of hydrogen-bond donors (Lipinski definition) is 0. The van der Waals surface area contributed by atoms with Gasteiger partial charge in [0.15, 0.2) is 0 Å². The topological polar surface area (TPSA) is 49.9 Å². The number of thioether (sulfide) groups is 1. The van der Waals surface area contributed by atoms with E-state index < -0.39 is 0 Å². The van der Waals surface area contributed by atoms with Crippen molar-refractivity contribution < 1.29 is 14.3 Å². The third kappa shape index (κ3) is 3.37. The molecular formula is C19H19BrN2O3S2. The smallest absolute Gasteiger partial charge is 0.267 e. The van der Waals surface area contributed by atoms with Crippen molar-refractivity contribution in [3.8, 4) is 0 Å². The predicted octanol–water partition coefficient (Wildman–Crippen LogP) is 3.96. The summed E-state index contributed by atoms with van der Waals surface area (Å²) in [5.41, 5.74) is 2.11. The van der Waals surface area contributed by atoms with Gasteiger partial charge in [0.25, 0.3) is 11.8 Å². The molecular weight excluding hydrogens is 448 g/mol. The lowest BCUT2D eigenvalue weighted by atomic mass is 10.1. The third-order valence-electron chi connectivity index (χ3n) is 4.91. The van der Waals surface area contributed by atoms with Crippen LogP contribution in [-0.2, 0) is 14.3 Å². The number of carbonyl (C=O) groups excluding carboxylic acids is 2. The minimum atomic E-state index is -0.187. The molecule has 0 bridgehead atoms. The molecule has 2 saturated heterocycles. The molecule has 5 nitrogen and oxygen atoms in total. The van der Waals surface area contributed by atoms with Gasteiger partial charge in [-0.2, -0.15) is 0 Å². The quantitative estimate of drug-likeness (QED) is 0.496. The average molecular weight is 467 g/mol. The van der Waals surface area contributed by atoms with Crippen molar-refractivity contribution in [1.29, 1.82) is 0 Å². The average Bonchev–Trinajstić information content (AvgIpc) is 3.31. The van der Waals surface area contributed by atoms with Gasteiger partial charge < -0.3 is 9.64 Å². The van der Waals surface area contributed by atoms with E-state index in [2.05, 4.69) is 15.9 Å². The number of thiocarbonyl (C=S) groups is 1. The first kappa shape index (κ1) is 19.1. The van der Waals surface area contributed by atoms with Gasteiger partial charge in [-0.3, -0.25) is 14.5 Å². The summed E-state index contributed by atoms with van der Waals surface area (Å²) >= 11 is 10.2. The van der Waals surface area contributed by atoms with E-state index in [1.165, 1.54) is 11.8 Å². The van der Waals surface area contributed by atoms with Gasteiger partial charge in [0.2, 0.25) is 0 Å². The fourth-order valence-electron chi connectivity index (χ4n) is 3.67. The van der Waals surface area contributed by atoms with E-state index in [0.717, 1.165) is 41.6 Å². The standard InChI is InChI=1S/C19H19BrN2O3S2/c1-2-7-21-14-6-5-11(20)9-13(14)15(17(21)23)16-18(24)22(19(26)27-16)10-12-4-3-8-25-12/h5-6,9,12H,2-4,7-8,10H2,1H3. The number of rotatable bonds is 4. The van der Waals surface area contributed by atoms with Crippen LogP contribution >= 0.6 is 39.9 Å². The maximum Gasteiger partial charge on any atom is 0.267 e. The predicted molar refractivity (Wildman–Crippen MR) is 115 cm³/mol. The minimum Gasteiger partial charge on any atom is -0.376 e. The summed E-state index contributed by atoms with van der Waals surface area (Å²) in [5.74, 6) is -0.310. The van der Waals surface area contributed by atoms with E-state index in [1.807, 2.05) is 25.1 Å². The van der Waals surface area contributed by atoms with Crippen molar-refractivity contribution in [2.75, 3.05) is 24.6 Å². The van der Waals surface area contributed by atoms with Crippen molar-refractivity contribution in [2.45, 2.75) is 32.3 Å². The second-order valence-corrected chi connectivity index (χ2v) is 9.30. The van der Waals surface area contributed by atoms with E-state index in [9.17, 15) is 9.59 Å². The zero-order chi connectivity index (χ0) is 19.1. The molecule has 0 radical (unpaired) electrons. The zero-order valence-electron chi connectivity index (χ0n) is 14.9. The van der Waals surface area contributed by atoms with Crippen LogP contribution in [0.2, 0.25) is 0 Å². The van der Waals surface area contributed by atoms with E-state index in [0.29, 0.717) is 27.9 Å². The highest BCUT2D eigenvalue weighted by atomic mass is 79.9. The Morgan fingerprint density at radius 1 is 1.30 bits per heavy atom. The second-order valence-electron chi connectivity index (χ2n) is 6.74. The number of benzene rings is 1. The van der Waals surface area contributed by atoms with E-state index in [4.69, 9.17) is 17.0 Å². The van der Waals surface area contributed by atoms with Crippen LogP contribution in [0, 0.1) is 0 Å². The Kier molecular flexibility index (Phi) is 5.42. The van der Waals surface area contributed by atoms with Crippen molar-refractivity contribution in [2.24, 2.45) is 0 Å². The highest BCUT2D eigenvalue weighted by Gasteiger charge is 2.42. The second kappa shape index (κ2) is 7.66. The Morgan fingerprint density at radius 3 is 2.81 bits per heavy atom. The summed E-state index contributed by atoms with van der Waals surface area (Å²) in [6, 6.07) is 5.75. The number of halogens is 1. The summed E-state index contributed by atoms with van der Waals surface area (Å²) in [4.78, 5) is 30.0. The van der Waals surface area contributed by atoms with Gasteiger partial charge in [0, 0.05) is 23.2 Å². The van der Waals surface area contributed by atoms with Gasteiger partial charge in [-0.15, -0.1) is 0 Å². The van der Waals surface area contributed by atoms with Gasteiger partial charge in [0.1, 0.15) is 4.32 Å². The number of amides is 2. The summed E-state index contributed by atoms with van der Waals surface area (Å²) in [6.07, 6.45) is 2.80. The number of fused-ring (bicyclic) bond motifs is 1. The Morgan fingerprint density at radius 2 is 2.11 bits per heavy atom. The van der Waals surface area contributed by atoms with Crippen LogP contribution in [0.25, 0.3) is 5.57 Å². The van der Waals surface area contributed by atoms with Crippen molar-refractivity contribution >= 4 is 67.3 Å². The first-order chi connectivity index (χ1) is 13.0. The fraction of sp³-hybridized carbons (Fsp3) is 0.421. The summed E-state index contributed by atoms with van der Waals surface area (Å²) in [7, 11) is 0. The molecule has 8 heteroatoms. The molecule has 3 aliphatic rings. The van der Waals surface area contributed by atoms with Gasteiger partial charge in [0.05, 0.1) is 28.8 Å². The SMILES string of the molecule is CCCN1C(=O)C(=C2SC(=S)N(CC3CCCO3)C2=O)c2cc(Br)ccc21. The molecule has 0 spiro atoms. The van der Waals surface area contributed by atoms with Crippen molar-refractivity contribution in [3.63, 3.8) is 0 Å². The van der Waals surface area contributed by atoms with Gasteiger partial charge in [-0.1, -0.05) is 46.8 Å². The largest absolute Gasteiger partial charge is 0.376 e. The van der Waals surface area contributed by atoms with Crippen LogP contribution in [0.5, 0.6) is 0 Å². The fourth-order valence-corrected chi connectivity index (χ4v) is 5.38. The normalized spacial score (nSPS) is 25.1. The monoisotopic (exact) mass is 466 g/mol. The van der Waals surface area contributed by atoms with Crippen LogP contribution in [0.4, 0.5) is 5.69 Å². The number of carbonyl (C=O) groups is 2. The van der Waals surface area contributed by atoms with E-state index in [1.54, 1.807) is 9.80 Å². The molecule has 2 fully saturated rings. The molecule has 3 aliphatic heterocycles. The number of ether oxygens (including phenoxy) is 1. The Bertz CT molecular complexity index is 865. The Balaban J connectivity index is 1.73. The van der Waals surface area contributed by atoms with Crippen LogP contribution in [0.15, 0.2) is 27.6 Å². The molecule has 0 aromatic heterocycles. The molecule has 142 valence electrons. The molecule has 1 unspecified atom stereocenters. The molecule has 0 saturated carbocycles. The molecule has 0 N–H and O–H groups in total. The lowest BCUT2D eigenvalue weighted by molar-refractivity contribution is -0.123. The van der Waals surface area contributed by atoms with E-state index in [-0.39, 0.29) is 17.9 Å². The number of nitrogens with zero attached hydrogens (tertiary/aromatic N) is 2. The Hall–Kier alpha value is -1.22. The number of hydrogen-bond acceptors (Lipinski definition) is 5. The first-order valence-electron chi connectivity index (χ1n) is 9.02. The van der Waals surface area contributed by atoms with Crippen LogP contribution in [0.1, 0.15) is 31.7 Å². The molecule has 0 aliphatic carbocycles. The minimum absolute atomic E-state index is 0.0224. The zero-order valence-corrected chi connectivity index (χ0v) is 18.1. The summed E-state index contributed by atoms with van der Waals surface area (Å²) in [6.45, 7) is 3.84. The van der Waals surface area contributed by atoms with Crippen molar-refractivity contribution in [1.82, 2.24) is 4.90 Å². The molecule has 1 atom stereocenters. The van der Waals surface area contributed by atoms with Crippen LogP contribution in [-0.4, -0.2) is 46.8 Å². The molecule has 27 heavy (non-hydrogen) atoms. The third-order valence-corrected chi connectivity index (χ3v) is 6.85. The Labute approximate surface area is 176 Å². The number of anilines is 1. The molecule has 1 aromatic rings. The lowest BCUT2D eigenvalue weighted by Gasteiger charge is -2.18. The maximum absolute atomic E-state index is 13.2. The summed E-state index contributed by atoms with van der Waals surface area (Å²) < 4.78 is 7.03. The first-order valence-corrected chi connectivity index (χ1v) is 11.0. The molecule has 4 rings (SSSR count). The van der Waals surface area contributed by atoms with Crippen LogP contribution in [0.3, 0.4) is 0 Å². The molecule has 1 aromatic carbocycles. The van der Waals surface area contributed by atoms with Crippen LogP contribution < -0.4 is 4.90 Å². The highest BCUT2D eigenvalue weighted by Crippen LogP contribution is 2.45. The lowest BCUT2D eigenvalue weighted by Crippen LogP contribution is -2.35. The summed E-state index contributed by atoms with van der Waals surface area (Å²) in [5, 5.41) is 0. The van der Waals surface area contributed by atoms with Gasteiger partial charge in [-0.25, -0.2) is 0 Å². The molecule has 3 heterocycles. The van der Waals surface area contributed by atoms with Crippen molar-refractivity contribution in [3.05, 3.63) is 33.1 Å². The van der Waals surface area contributed by atoms with E-state index >= 15 is 0 Å². The molecule has 2 amide bonds. The highest BCUT2D eigenvalue weighted by molar-refractivity contribution is 9.10. The van der Waals surface area contributed by atoms with Gasteiger partial charge >= 0.3 is 0 Å². The van der Waals surface area contributed by atoms with Gasteiger partial charge in [-0.05, 0) is 37.5 Å².